The Morgan fingerprint density at radius 2 is 2.06 bits per heavy atom. The molecule has 17 heavy (non-hydrogen) atoms. The van der Waals surface area contributed by atoms with E-state index in [-0.39, 0.29) is 6.61 Å². The SMILES string of the molecule is O=C(O)C1(Oc2cccc(CO)c2)CCCC1. The number of rotatable bonds is 4. The van der Waals surface area contributed by atoms with Crippen LogP contribution in [0.4, 0.5) is 0 Å². The van der Waals surface area contributed by atoms with E-state index in [1.165, 1.54) is 0 Å². The minimum atomic E-state index is -1.08. The molecule has 0 atom stereocenters. The number of aliphatic hydroxyl groups excluding tert-OH is 1. The predicted molar refractivity (Wildman–Crippen MR) is 61.8 cm³/mol. The first-order chi connectivity index (χ1) is 8.16. The number of hydrogen-bond donors (Lipinski definition) is 2. The van der Waals surface area contributed by atoms with Crippen molar-refractivity contribution >= 4 is 5.97 Å². The quantitative estimate of drug-likeness (QED) is 0.838. The van der Waals surface area contributed by atoms with Crippen LogP contribution in [-0.4, -0.2) is 21.8 Å². The highest BCUT2D eigenvalue weighted by Gasteiger charge is 2.43. The summed E-state index contributed by atoms with van der Waals surface area (Å²) in [5, 5.41) is 18.3. The zero-order valence-corrected chi connectivity index (χ0v) is 9.56. The van der Waals surface area contributed by atoms with Gasteiger partial charge in [0.1, 0.15) is 5.75 Å². The molecule has 0 aromatic heterocycles. The molecule has 1 aromatic carbocycles. The van der Waals surface area contributed by atoms with E-state index in [0.29, 0.717) is 18.6 Å². The molecule has 1 aromatic rings. The summed E-state index contributed by atoms with van der Waals surface area (Å²) in [6.45, 7) is -0.0722. The van der Waals surface area contributed by atoms with Gasteiger partial charge in [0.05, 0.1) is 6.61 Å². The molecule has 1 fully saturated rings. The summed E-state index contributed by atoms with van der Waals surface area (Å²) in [6, 6.07) is 6.94. The van der Waals surface area contributed by atoms with Crippen LogP contribution in [0.2, 0.25) is 0 Å². The highest BCUT2D eigenvalue weighted by Crippen LogP contribution is 2.34. The van der Waals surface area contributed by atoms with Gasteiger partial charge in [-0.3, -0.25) is 0 Å². The summed E-state index contributed by atoms with van der Waals surface area (Å²) in [7, 11) is 0. The maximum absolute atomic E-state index is 11.3. The van der Waals surface area contributed by atoms with Crippen molar-refractivity contribution < 1.29 is 19.7 Å². The van der Waals surface area contributed by atoms with Crippen LogP contribution in [0.1, 0.15) is 31.2 Å². The molecule has 0 bridgehead atoms. The number of ether oxygens (including phenoxy) is 1. The van der Waals surface area contributed by atoms with Crippen LogP contribution in [0.5, 0.6) is 5.75 Å². The van der Waals surface area contributed by atoms with Crippen molar-refractivity contribution in [1.29, 1.82) is 0 Å². The predicted octanol–water partition coefficient (Wildman–Crippen LogP) is 1.96. The molecule has 2 N–H and O–H groups in total. The molecule has 0 radical (unpaired) electrons. The maximum Gasteiger partial charge on any atom is 0.348 e. The van der Waals surface area contributed by atoms with Crippen molar-refractivity contribution in [3.63, 3.8) is 0 Å². The lowest BCUT2D eigenvalue weighted by Crippen LogP contribution is -2.41. The normalized spacial score (nSPS) is 17.9. The molecule has 0 heterocycles. The monoisotopic (exact) mass is 236 g/mol. The summed E-state index contributed by atoms with van der Waals surface area (Å²) >= 11 is 0. The molecule has 0 saturated heterocycles. The van der Waals surface area contributed by atoms with Crippen LogP contribution >= 0.6 is 0 Å². The van der Waals surface area contributed by atoms with Gasteiger partial charge in [0.2, 0.25) is 5.60 Å². The van der Waals surface area contributed by atoms with E-state index < -0.39 is 11.6 Å². The van der Waals surface area contributed by atoms with Gasteiger partial charge in [-0.15, -0.1) is 0 Å². The summed E-state index contributed by atoms with van der Waals surface area (Å²) in [5.74, 6) is -0.384. The Labute approximate surface area is 99.8 Å². The Morgan fingerprint density at radius 3 is 2.65 bits per heavy atom. The Kier molecular flexibility index (Phi) is 3.33. The zero-order chi connectivity index (χ0) is 12.3. The maximum atomic E-state index is 11.3. The van der Waals surface area contributed by atoms with E-state index >= 15 is 0 Å². The minimum absolute atomic E-state index is 0.0722. The highest BCUT2D eigenvalue weighted by molar-refractivity contribution is 5.78. The average Bonchev–Trinajstić information content (AvgIpc) is 2.79. The molecule has 1 aliphatic carbocycles. The first-order valence-corrected chi connectivity index (χ1v) is 5.78. The van der Waals surface area contributed by atoms with E-state index in [0.717, 1.165) is 18.4 Å². The third-order valence-electron chi connectivity index (χ3n) is 3.20. The van der Waals surface area contributed by atoms with Crippen molar-refractivity contribution in [3.05, 3.63) is 29.8 Å². The first kappa shape index (κ1) is 11.9. The number of hydrogen-bond acceptors (Lipinski definition) is 3. The fourth-order valence-electron chi connectivity index (χ4n) is 2.24. The molecule has 0 amide bonds. The number of carboxylic acid groups (broad SMARTS) is 1. The average molecular weight is 236 g/mol. The lowest BCUT2D eigenvalue weighted by Gasteiger charge is -2.25. The van der Waals surface area contributed by atoms with Gasteiger partial charge in [0.25, 0.3) is 0 Å². The van der Waals surface area contributed by atoms with E-state index in [2.05, 4.69) is 0 Å². The van der Waals surface area contributed by atoms with Crippen molar-refractivity contribution in [2.45, 2.75) is 37.9 Å². The van der Waals surface area contributed by atoms with Crippen molar-refractivity contribution in [3.8, 4) is 5.75 Å². The van der Waals surface area contributed by atoms with Crippen LogP contribution < -0.4 is 4.74 Å². The molecule has 2 rings (SSSR count). The number of aliphatic carboxylic acids is 1. The number of carbonyl (C=O) groups is 1. The molecule has 0 unspecified atom stereocenters. The number of aliphatic hydroxyl groups is 1. The fraction of sp³-hybridized carbons (Fsp3) is 0.462. The third-order valence-corrected chi connectivity index (χ3v) is 3.20. The summed E-state index contributed by atoms with van der Waals surface area (Å²) < 4.78 is 5.66. The Bertz CT molecular complexity index is 408. The van der Waals surface area contributed by atoms with Crippen molar-refractivity contribution in [2.24, 2.45) is 0 Å². The van der Waals surface area contributed by atoms with E-state index in [9.17, 15) is 9.90 Å². The van der Waals surface area contributed by atoms with Crippen LogP contribution in [0.25, 0.3) is 0 Å². The van der Waals surface area contributed by atoms with Gasteiger partial charge in [-0.2, -0.15) is 0 Å². The molecule has 92 valence electrons. The molecule has 4 nitrogen and oxygen atoms in total. The molecule has 0 aliphatic heterocycles. The second-order valence-electron chi connectivity index (χ2n) is 4.41. The largest absolute Gasteiger partial charge is 0.478 e. The summed E-state index contributed by atoms with van der Waals surface area (Å²) in [4.78, 5) is 11.3. The van der Waals surface area contributed by atoms with Crippen LogP contribution in [-0.2, 0) is 11.4 Å². The molecule has 1 aliphatic rings. The van der Waals surface area contributed by atoms with Gasteiger partial charge in [-0.05, 0) is 43.4 Å². The molecule has 1 saturated carbocycles. The van der Waals surface area contributed by atoms with Crippen LogP contribution in [0.15, 0.2) is 24.3 Å². The minimum Gasteiger partial charge on any atom is -0.478 e. The summed E-state index contributed by atoms with van der Waals surface area (Å²) in [5.41, 5.74) is -0.352. The molecule has 4 heteroatoms. The lowest BCUT2D eigenvalue weighted by atomic mass is 10.0. The fourth-order valence-corrected chi connectivity index (χ4v) is 2.24. The molecular formula is C13H16O4. The lowest BCUT2D eigenvalue weighted by molar-refractivity contribution is -0.154. The van der Waals surface area contributed by atoms with Gasteiger partial charge in [0.15, 0.2) is 0 Å². The molecule has 0 spiro atoms. The van der Waals surface area contributed by atoms with Crippen molar-refractivity contribution in [1.82, 2.24) is 0 Å². The van der Waals surface area contributed by atoms with Gasteiger partial charge in [0, 0.05) is 0 Å². The van der Waals surface area contributed by atoms with Gasteiger partial charge >= 0.3 is 5.97 Å². The zero-order valence-electron chi connectivity index (χ0n) is 9.56. The summed E-state index contributed by atoms with van der Waals surface area (Å²) in [6.07, 6.45) is 2.86. The van der Waals surface area contributed by atoms with E-state index in [4.69, 9.17) is 9.84 Å². The van der Waals surface area contributed by atoms with Gasteiger partial charge in [-0.1, -0.05) is 12.1 Å². The van der Waals surface area contributed by atoms with Gasteiger partial charge in [-0.25, -0.2) is 4.79 Å². The second kappa shape index (κ2) is 4.75. The standard InChI is InChI=1S/C13H16O4/c14-9-10-4-3-5-11(8-10)17-13(12(15)16)6-1-2-7-13/h3-5,8,14H,1-2,6-7,9H2,(H,15,16). The van der Waals surface area contributed by atoms with Crippen LogP contribution in [0, 0.1) is 0 Å². The number of carboxylic acids is 1. The van der Waals surface area contributed by atoms with Crippen LogP contribution in [0.3, 0.4) is 0 Å². The van der Waals surface area contributed by atoms with Gasteiger partial charge < -0.3 is 14.9 Å². The smallest absolute Gasteiger partial charge is 0.348 e. The first-order valence-electron chi connectivity index (χ1n) is 5.78. The Hall–Kier alpha value is -1.55. The van der Waals surface area contributed by atoms with E-state index in [1.54, 1.807) is 24.3 Å². The third kappa shape index (κ3) is 2.42. The molecular weight excluding hydrogens is 220 g/mol. The Morgan fingerprint density at radius 1 is 1.35 bits per heavy atom. The second-order valence-corrected chi connectivity index (χ2v) is 4.41. The van der Waals surface area contributed by atoms with Crippen molar-refractivity contribution in [2.75, 3.05) is 0 Å². The Balaban J connectivity index is 2.20. The highest BCUT2D eigenvalue weighted by atomic mass is 16.5. The number of benzene rings is 1. The topological polar surface area (TPSA) is 66.8 Å². The van der Waals surface area contributed by atoms with E-state index in [1.807, 2.05) is 0 Å².